The van der Waals surface area contributed by atoms with E-state index in [1.54, 1.807) is 6.20 Å². The van der Waals surface area contributed by atoms with Gasteiger partial charge >= 0.3 is 0 Å². The van der Waals surface area contributed by atoms with Crippen molar-refractivity contribution < 1.29 is 5.11 Å². The van der Waals surface area contributed by atoms with Crippen molar-refractivity contribution in [3.8, 4) is 5.69 Å². The molecule has 0 amide bonds. The van der Waals surface area contributed by atoms with Gasteiger partial charge in [0.15, 0.2) is 0 Å². The van der Waals surface area contributed by atoms with Crippen LogP contribution in [0.2, 0.25) is 0 Å². The van der Waals surface area contributed by atoms with Crippen LogP contribution in [0.5, 0.6) is 0 Å². The molecule has 0 aliphatic rings. The van der Waals surface area contributed by atoms with Gasteiger partial charge in [0.25, 0.3) is 0 Å². The summed E-state index contributed by atoms with van der Waals surface area (Å²) in [6.07, 6.45) is 4.57. The Balaban J connectivity index is 1.89. The minimum atomic E-state index is 0.262. The highest BCUT2D eigenvalue weighted by Crippen LogP contribution is 2.09. The Morgan fingerprint density at radius 2 is 2.26 bits per heavy atom. The quantitative estimate of drug-likeness (QED) is 0.799. The average Bonchev–Trinajstić information content (AvgIpc) is 2.93. The largest absolute Gasteiger partial charge is 0.396 e. The molecular weight excluding hydrogens is 238 g/mol. The summed E-state index contributed by atoms with van der Waals surface area (Å²) in [5, 5.41) is 16.5. The summed E-state index contributed by atoms with van der Waals surface area (Å²) in [6, 6.07) is 10.3. The van der Waals surface area contributed by atoms with Gasteiger partial charge in [-0.1, -0.05) is 19.1 Å². The van der Waals surface area contributed by atoms with Gasteiger partial charge in [0.2, 0.25) is 0 Å². The van der Waals surface area contributed by atoms with Crippen LogP contribution in [-0.2, 0) is 6.54 Å². The van der Waals surface area contributed by atoms with Gasteiger partial charge in [0.05, 0.1) is 5.69 Å². The molecule has 4 nitrogen and oxygen atoms in total. The molecule has 0 fully saturated rings. The summed E-state index contributed by atoms with van der Waals surface area (Å²) in [5.74, 6) is 0.499. The molecule has 0 radical (unpaired) electrons. The first-order valence-electron chi connectivity index (χ1n) is 6.70. The summed E-state index contributed by atoms with van der Waals surface area (Å²) in [4.78, 5) is 0. The smallest absolute Gasteiger partial charge is 0.0648 e. The SMILES string of the molecule is CC(CCO)CNCc1cccc(-n2cccn2)c1. The van der Waals surface area contributed by atoms with E-state index in [1.807, 2.05) is 29.1 Å². The van der Waals surface area contributed by atoms with Crippen LogP contribution in [0.15, 0.2) is 42.7 Å². The molecule has 0 aliphatic heterocycles. The average molecular weight is 259 g/mol. The molecule has 2 aromatic rings. The third-order valence-electron chi connectivity index (χ3n) is 3.12. The molecule has 0 saturated heterocycles. The summed E-state index contributed by atoms with van der Waals surface area (Å²) in [6.45, 7) is 4.17. The lowest BCUT2D eigenvalue weighted by Crippen LogP contribution is -2.21. The predicted octanol–water partition coefficient (Wildman–Crippen LogP) is 1.98. The molecule has 0 spiro atoms. The zero-order chi connectivity index (χ0) is 13.5. The van der Waals surface area contributed by atoms with E-state index in [9.17, 15) is 0 Å². The lowest BCUT2D eigenvalue weighted by molar-refractivity contribution is 0.260. The van der Waals surface area contributed by atoms with Crippen LogP contribution in [0, 0.1) is 5.92 Å². The monoisotopic (exact) mass is 259 g/mol. The fraction of sp³-hybridized carbons (Fsp3) is 0.400. The van der Waals surface area contributed by atoms with Gasteiger partial charge in [-0.25, -0.2) is 4.68 Å². The number of benzene rings is 1. The summed E-state index contributed by atoms with van der Waals surface area (Å²) in [5.41, 5.74) is 2.32. The minimum absolute atomic E-state index is 0.262. The van der Waals surface area contributed by atoms with Crippen LogP contribution in [0.4, 0.5) is 0 Å². The molecule has 0 aliphatic carbocycles. The molecule has 1 unspecified atom stereocenters. The van der Waals surface area contributed by atoms with Crippen molar-refractivity contribution in [2.45, 2.75) is 19.9 Å². The van der Waals surface area contributed by atoms with Gasteiger partial charge in [-0.3, -0.25) is 0 Å². The Hall–Kier alpha value is -1.65. The molecule has 19 heavy (non-hydrogen) atoms. The molecule has 0 saturated carbocycles. The number of rotatable bonds is 7. The van der Waals surface area contributed by atoms with Crippen LogP contribution in [0.25, 0.3) is 5.69 Å². The third-order valence-corrected chi connectivity index (χ3v) is 3.12. The second-order valence-corrected chi connectivity index (χ2v) is 4.87. The van der Waals surface area contributed by atoms with E-state index in [-0.39, 0.29) is 6.61 Å². The molecule has 1 aromatic carbocycles. The van der Waals surface area contributed by atoms with Crippen molar-refractivity contribution in [1.29, 1.82) is 0 Å². The highest BCUT2D eigenvalue weighted by Gasteiger charge is 2.02. The lowest BCUT2D eigenvalue weighted by Gasteiger charge is -2.11. The van der Waals surface area contributed by atoms with Crippen molar-refractivity contribution in [3.63, 3.8) is 0 Å². The Bertz CT molecular complexity index is 482. The van der Waals surface area contributed by atoms with Crippen molar-refractivity contribution >= 4 is 0 Å². The Morgan fingerprint density at radius 3 is 3.00 bits per heavy atom. The van der Waals surface area contributed by atoms with Gasteiger partial charge in [-0.15, -0.1) is 0 Å². The number of hydrogen-bond donors (Lipinski definition) is 2. The van der Waals surface area contributed by atoms with Crippen molar-refractivity contribution in [1.82, 2.24) is 15.1 Å². The van der Waals surface area contributed by atoms with Gasteiger partial charge in [-0.05, 0) is 42.6 Å². The summed E-state index contributed by atoms with van der Waals surface area (Å²) in [7, 11) is 0. The molecule has 1 atom stereocenters. The number of aliphatic hydroxyl groups is 1. The number of nitrogens with zero attached hydrogens (tertiary/aromatic N) is 2. The number of hydrogen-bond acceptors (Lipinski definition) is 3. The van der Waals surface area contributed by atoms with Crippen LogP contribution in [-0.4, -0.2) is 28.0 Å². The predicted molar refractivity (Wildman–Crippen MR) is 76.1 cm³/mol. The van der Waals surface area contributed by atoms with Crippen LogP contribution in [0.1, 0.15) is 18.9 Å². The van der Waals surface area contributed by atoms with Crippen molar-refractivity contribution in [2.75, 3.05) is 13.2 Å². The molecule has 2 rings (SSSR count). The maximum absolute atomic E-state index is 8.86. The zero-order valence-electron chi connectivity index (χ0n) is 11.3. The molecule has 4 heteroatoms. The molecule has 0 bridgehead atoms. The van der Waals surface area contributed by atoms with Crippen molar-refractivity contribution in [2.24, 2.45) is 5.92 Å². The normalized spacial score (nSPS) is 12.5. The minimum Gasteiger partial charge on any atom is -0.396 e. The highest BCUT2D eigenvalue weighted by molar-refractivity contribution is 5.34. The van der Waals surface area contributed by atoms with Crippen molar-refractivity contribution in [3.05, 3.63) is 48.3 Å². The first-order valence-corrected chi connectivity index (χ1v) is 6.70. The van der Waals surface area contributed by atoms with Gasteiger partial charge < -0.3 is 10.4 Å². The standard InChI is InChI=1S/C15H21N3O/c1-13(6-9-19)11-16-12-14-4-2-5-15(10-14)18-8-3-7-17-18/h2-5,7-8,10,13,16,19H,6,9,11-12H2,1H3. The van der Waals surface area contributed by atoms with E-state index in [1.165, 1.54) is 5.56 Å². The van der Waals surface area contributed by atoms with Crippen LogP contribution < -0.4 is 5.32 Å². The molecular formula is C15H21N3O. The van der Waals surface area contributed by atoms with Crippen LogP contribution in [0.3, 0.4) is 0 Å². The first kappa shape index (κ1) is 13.8. The fourth-order valence-electron chi connectivity index (χ4n) is 2.02. The first-order chi connectivity index (χ1) is 9.29. The van der Waals surface area contributed by atoms with E-state index in [0.29, 0.717) is 5.92 Å². The van der Waals surface area contributed by atoms with E-state index < -0.39 is 0 Å². The Morgan fingerprint density at radius 1 is 1.37 bits per heavy atom. The second kappa shape index (κ2) is 7.07. The fourth-order valence-corrected chi connectivity index (χ4v) is 2.02. The second-order valence-electron chi connectivity index (χ2n) is 4.87. The van der Waals surface area contributed by atoms with E-state index in [0.717, 1.165) is 25.2 Å². The van der Waals surface area contributed by atoms with E-state index >= 15 is 0 Å². The topological polar surface area (TPSA) is 50.1 Å². The highest BCUT2D eigenvalue weighted by atomic mass is 16.3. The lowest BCUT2D eigenvalue weighted by atomic mass is 10.1. The Kier molecular flexibility index (Phi) is 5.12. The van der Waals surface area contributed by atoms with Crippen LogP contribution >= 0.6 is 0 Å². The number of nitrogens with one attached hydrogen (secondary N) is 1. The molecule has 1 heterocycles. The Labute approximate surface area is 114 Å². The maximum Gasteiger partial charge on any atom is 0.0648 e. The van der Waals surface area contributed by atoms with E-state index in [4.69, 9.17) is 5.11 Å². The van der Waals surface area contributed by atoms with Gasteiger partial charge in [0.1, 0.15) is 0 Å². The third kappa shape index (κ3) is 4.19. The van der Waals surface area contributed by atoms with E-state index in [2.05, 4.69) is 29.5 Å². The van der Waals surface area contributed by atoms with Gasteiger partial charge in [-0.2, -0.15) is 5.10 Å². The number of aliphatic hydroxyl groups excluding tert-OH is 1. The molecule has 2 N–H and O–H groups in total. The van der Waals surface area contributed by atoms with Gasteiger partial charge in [0, 0.05) is 25.5 Å². The summed E-state index contributed by atoms with van der Waals surface area (Å²) < 4.78 is 1.86. The summed E-state index contributed by atoms with van der Waals surface area (Å²) >= 11 is 0. The zero-order valence-corrected chi connectivity index (χ0v) is 11.3. The molecule has 102 valence electrons. The maximum atomic E-state index is 8.86. The number of aromatic nitrogens is 2. The molecule has 1 aromatic heterocycles.